The van der Waals surface area contributed by atoms with Crippen molar-refractivity contribution in [1.29, 1.82) is 0 Å². The van der Waals surface area contributed by atoms with E-state index in [9.17, 15) is 14.0 Å². The summed E-state index contributed by atoms with van der Waals surface area (Å²) in [4.78, 5) is 28.3. The van der Waals surface area contributed by atoms with Gasteiger partial charge in [-0.05, 0) is 97.4 Å². The Labute approximate surface area is 237 Å². The number of likely N-dealkylation sites (tertiary alicyclic amines) is 1. The highest BCUT2D eigenvalue weighted by Crippen LogP contribution is 2.58. The van der Waals surface area contributed by atoms with E-state index in [1.807, 2.05) is 71.6 Å². The Morgan fingerprint density at radius 3 is 2.30 bits per heavy atom. The molecule has 5 rings (SSSR count). The minimum Gasteiger partial charge on any atom is -0.341 e. The molecule has 0 bridgehead atoms. The minimum atomic E-state index is -0.511. The topological polar surface area (TPSA) is 61.4 Å². The maximum absolute atomic E-state index is 13.3. The Hall–Kier alpha value is -3.51. The first-order valence-electron chi connectivity index (χ1n) is 14.6. The summed E-state index contributed by atoms with van der Waals surface area (Å²) < 4.78 is 13.2. The first kappa shape index (κ1) is 28.0. The fourth-order valence-electron chi connectivity index (χ4n) is 5.89. The summed E-state index contributed by atoms with van der Waals surface area (Å²) in [5, 5.41) is 6.63. The van der Waals surface area contributed by atoms with Crippen molar-refractivity contribution >= 4 is 11.8 Å². The number of amides is 2. The van der Waals surface area contributed by atoms with Gasteiger partial charge in [0.25, 0.3) is 5.91 Å². The van der Waals surface area contributed by atoms with Crippen molar-refractivity contribution in [2.75, 3.05) is 26.2 Å². The van der Waals surface area contributed by atoms with E-state index in [-0.39, 0.29) is 23.0 Å². The van der Waals surface area contributed by atoms with E-state index in [0.717, 1.165) is 69.4 Å². The second-order valence-electron chi connectivity index (χ2n) is 11.6. The molecule has 210 valence electrons. The van der Waals surface area contributed by atoms with Gasteiger partial charge in [0, 0.05) is 25.2 Å². The van der Waals surface area contributed by atoms with Crippen LogP contribution >= 0.6 is 0 Å². The highest BCUT2D eigenvalue weighted by Gasteiger charge is 2.50. The number of halogens is 1. The Morgan fingerprint density at radius 2 is 1.60 bits per heavy atom. The second-order valence-corrected chi connectivity index (χ2v) is 11.6. The van der Waals surface area contributed by atoms with Crippen molar-refractivity contribution in [3.05, 3.63) is 95.8 Å². The maximum atomic E-state index is 13.3. The maximum Gasteiger partial charge on any atom is 0.251 e. The van der Waals surface area contributed by atoms with E-state index in [0.29, 0.717) is 17.9 Å². The molecule has 3 aromatic carbocycles. The van der Waals surface area contributed by atoms with Gasteiger partial charge in [-0.15, -0.1) is 0 Å². The lowest BCUT2D eigenvalue weighted by molar-refractivity contribution is -0.132. The van der Waals surface area contributed by atoms with Crippen molar-refractivity contribution in [3.63, 3.8) is 0 Å². The van der Waals surface area contributed by atoms with Crippen LogP contribution in [0, 0.1) is 11.2 Å². The molecule has 0 radical (unpaired) electrons. The molecule has 1 unspecified atom stereocenters. The fraction of sp³-hybridized carbons (Fsp3) is 0.412. The number of carbonyl (C=O) groups excluding carboxylic acids is 2. The smallest absolute Gasteiger partial charge is 0.251 e. The second kappa shape index (κ2) is 12.8. The lowest BCUT2D eigenvalue weighted by Crippen LogP contribution is -2.47. The van der Waals surface area contributed by atoms with E-state index in [1.54, 1.807) is 12.1 Å². The number of unbranched alkanes of at least 4 members (excludes halogenated alkanes) is 1. The quantitative estimate of drug-likeness (QED) is 0.270. The van der Waals surface area contributed by atoms with Crippen LogP contribution in [0.5, 0.6) is 0 Å². The largest absolute Gasteiger partial charge is 0.341 e. The van der Waals surface area contributed by atoms with Crippen LogP contribution in [0.3, 0.4) is 0 Å². The molecular formula is C34H40FN3O2. The standard InChI is InChI=1S/C34H40FN3O2/c1-34(23-30(34)27-16-18-29(35)19-17-27)24-36-20-6-5-11-31(33(40)38-21-7-8-22-38)37-32(39)28-14-12-26(13-15-28)25-9-3-2-4-10-25/h2-4,9-10,12-19,30-31,36H,5-8,11,20-24H2,1H3,(H,37,39)/t30-,31-,34?/m0/s1. The molecule has 3 atom stereocenters. The summed E-state index contributed by atoms with van der Waals surface area (Å²) in [5.41, 5.74) is 4.13. The van der Waals surface area contributed by atoms with Crippen LogP contribution in [-0.2, 0) is 4.79 Å². The van der Waals surface area contributed by atoms with Crippen molar-refractivity contribution in [1.82, 2.24) is 15.5 Å². The Bertz CT molecular complexity index is 1270. The van der Waals surface area contributed by atoms with Gasteiger partial charge in [-0.2, -0.15) is 0 Å². The van der Waals surface area contributed by atoms with E-state index < -0.39 is 6.04 Å². The van der Waals surface area contributed by atoms with Gasteiger partial charge in [0.05, 0.1) is 0 Å². The number of nitrogens with one attached hydrogen (secondary N) is 2. The normalized spacial score (nSPS) is 20.8. The zero-order valence-corrected chi connectivity index (χ0v) is 23.4. The third-order valence-corrected chi connectivity index (χ3v) is 8.52. The van der Waals surface area contributed by atoms with Crippen LogP contribution < -0.4 is 10.6 Å². The molecule has 5 nitrogen and oxygen atoms in total. The molecule has 1 saturated carbocycles. The molecule has 2 amide bonds. The first-order valence-corrected chi connectivity index (χ1v) is 14.6. The third kappa shape index (κ3) is 6.97. The molecule has 6 heteroatoms. The van der Waals surface area contributed by atoms with E-state index >= 15 is 0 Å². The van der Waals surface area contributed by atoms with Crippen LogP contribution in [0.2, 0.25) is 0 Å². The molecule has 1 heterocycles. The number of carbonyl (C=O) groups is 2. The number of hydrogen-bond donors (Lipinski definition) is 2. The Balaban J connectivity index is 1.10. The Kier molecular flexibility index (Phi) is 8.95. The summed E-state index contributed by atoms with van der Waals surface area (Å²) in [6.07, 6.45) is 5.56. The molecule has 1 aliphatic heterocycles. The first-order chi connectivity index (χ1) is 19.4. The molecule has 0 aromatic heterocycles. The third-order valence-electron chi connectivity index (χ3n) is 8.52. The zero-order valence-electron chi connectivity index (χ0n) is 23.4. The van der Waals surface area contributed by atoms with E-state index in [1.165, 1.54) is 5.56 Å². The Morgan fingerprint density at radius 1 is 0.925 bits per heavy atom. The summed E-state index contributed by atoms with van der Waals surface area (Å²) in [6, 6.07) is 24.0. The lowest BCUT2D eigenvalue weighted by atomic mass is 10.0. The molecule has 2 fully saturated rings. The van der Waals surface area contributed by atoms with Crippen LogP contribution in [0.4, 0.5) is 4.39 Å². The highest BCUT2D eigenvalue weighted by molar-refractivity contribution is 5.98. The molecule has 1 aliphatic carbocycles. The summed E-state index contributed by atoms with van der Waals surface area (Å²) in [6.45, 7) is 5.60. The van der Waals surface area contributed by atoms with Gasteiger partial charge in [0.2, 0.25) is 5.91 Å². The van der Waals surface area contributed by atoms with Crippen LogP contribution in [-0.4, -0.2) is 48.9 Å². The lowest BCUT2D eigenvalue weighted by Gasteiger charge is -2.24. The minimum absolute atomic E-state index is 0.0346. The van der Waals surface area contributed by atoms with Gasteiger partial charge in [-0.25, -0.2) is 4.39 Å². The predicted octanol–water partition coefficient (Wildman–Crippen LogP) is 6.17. The fourth-order valence-corrected chi connectivity index (χ4v) is 5.89. The molecular weight excluding hydrogens is 501 g/mol. The van der Waals surface area contributed by atoms with Crippen molar-refractivity contribution in [3.8, 4) is 11.1 Å². The summed E-state index contributed by atoms with van der Waals surface area (Å²) in [7, 11) is 0. The number of nitrogens with zero attached hydrogens (tertiary/aromatic N) is 1. The average molecular weight is 542 g/mol. The van der Waals surface area contributed by atoms with Gasteiger partial charge in [0.15, 0.2) is 0 Å². The van der Waals surface area contributed by atoms with Crippen molar-refractivity contribution in [2.24, 2.45) is 5.41 Å². The number of benzene rings is 3. The van der Waals surface area contributed by atoms with Crippen LogP contribution in [0.15, 0.2) is 78.9 Å². The van der Waals surface area contributed by atoms with E-state index in [4.69, 9.17) is 0 Å². The molecule has 3 aromatic rings. The van der Waals surface area contributed by atoms with Crippen molar-refractivity contribution < 1.29 is 14.0 Å². The molecule has 2 aliphatic rings. The van der Waals surface area contributed by atoms with Gasteiger partial charge in [-0.1, -0.05) is 61.5 Å². The van der Waals surface area contributed by atoms with Gasteiger partial charge >= 0.3 is 0 Å². The molecule has 1 saturated heterocycles. The predicted molar refractivity (Wildman–Crippen MR) is 158 cm³/mol. The zero-order chi connectivity index (χ0) is 28.0. The van der Waals surface area contributed by atoms with E-state index in [2.05, 4.69) is 17.6 Å². The highest BCUT2D eigenvalue weighted by atomic mass is 19.1. The molecule has 0 spiro atoms. The molecule has 2 N–H and O–H groups in total. The SMILES string of the molecule is CC1(CNCCCC[C@H](NC(=O)c2ccc(-c3ccccc3)cc2)C(=O)N2CCCC2)C[C@H]1c1ccc(F)cc1. The monoisotopic (exact) mass is 541 g/mol. The van der Waals surface area contributed by atoms with Crippen LogP contribution in [0.25, 0.3) is 11.1 Å². The summed E-state index contributed by atoms with van der Waals surface area (Å²) >= 11 is 0. The molecule has 40 heavy (non-hydrogen) atoms. The van der Waals surface area contributed by atoms with Gasteiger partial charge < -0.3 is 15.5 Å². The van der Waals surface area contributed by atoms with Crippen molar-refractivity contribution in [2.45, 2.75) is 57.4 Å². The average Bonchev–Trinajstić information content (AvgIpc) is 3.36. The van der Waals surface area contributed by atoms with Gasteiger partial charge in [0.1, 0.15) is 11.9 Å². The van der Waals surface area contributed by atoms with Crippen LogP contribution in [0.1, 0.15) is 67.3 Å². The number of hydrogen-bond acceptors (Lipinski definition) is 3. The summed E-state index contributed by atoms with van der Waals surface area (Å²) in [5.74, 6) is 0.110. The number of rotatable bonds is 12. The van der Waals surface area contributed by atoms with Gasteiger partial charge in [-0.3, -0.25) is 9.59 Å².